The predicted molar refractivity (Wildman–Crippen MR) is 128 cm³/mol. The molecule has 3 aromatic rings. The lowest BCUT2D eigenvalue weighted by Crippen LogP contribution is -2.48. The molecule has 1 fully saturated rings. The van der Waals surface area contributed by atoms with Crippen molar-refractivity contribution in [3.05, 3.63) is 102 Å². The number of ketones is 1. The first-order chi connectivity index (χ1) is 17.0. The zero-order chi connectivity index (χ0) is 24.7. The summed E-state index contributed by atoms with van der Waals surface area (Å²) in [7, 11) is 1.29. The molecular weight excluding hydrogens is 448 g/mol. The molecule has 0 radical (unpaired) electrons. The van der Waals surface area contributed by atoms with E-state index in [-0.39, 0.29) is 19.6 Å². The Labute approximate surface area is 204 Å². The minimum atomic E-state index is -1.82. The third-order valence-corrected chi connectivity index (χ3v) is 5.94. The lowest BCUT2D eigenvalue weighted by Gasteiger charge is -2.22. The van der Waals surface area contributed by atoms with Crippen LogP contribution in [0.15, 0.2) is 84.9 Å². The maximum Gasteiger partial charge on any atom is 0.347 e. The first kappa shape index (κ1) is 24.6. The fourth-order valence-electron chi connectivity index (χ4n) is 3.95. The van der Waals surface area contributed by atoms with E-state index >= 15 is 0 Å². The Morgan fingerprint density at radius 2 is 1.46 bits per heavy atom. The Kier molecular flexibility index (Phi) is 7.92. The number of carbonyl (C=O) groups excluding carboxylic acids is 2. The van der Waals surface area contributed by atoms with Gasteiger partial charge in [-0.15, -0.1) is 0 Å². The second kappa shape index (κ2) is 11.3. The number of esters is 1. The minimum Gasteiger partial charge on any atom is -0.489 e. The van der Waals surface area contributed by atoms with Gasteiger partial charge < -0.3 is 24.1 Å². The van der Waals surface area contributed by atoms with Crippen LogP contribution in [0.3, 0.4) is 0 Å². The highest BCUT2D eigenvalue weighted by atomic mass is 16.6. The van der Waals surface area contributed by atoms with Crippen molar-refractivity contribution in [2.45, 2.75) is 37.4 Å². The van der Waals surface area contributed by atoms with Gasteiger partial charge in [0.05, 0.1) is 13.2 Å². The summed E-state index contributed by atoms with van der Waals surface area (Å²) in [6.45, 7) is 0.533. The summed E-state index contributed by atoms with van der Waals surface area (Å²) in [5.41, 5.74) is 0.848. The number of Topliss-reactive ketones (excluding diaryl/α,β-unsaturated/α-hetero) is 1. The Bertz CT molecular complexity index is 1120. The maximum atomic E-state index is 13.2. The van der Waals surface area contributed by atoms with Gasteiger partial charge in [0.1, 0.15) is 18.5 Å². The lowest BCUT2D eigenvalue weighted by atomic mass is 9.88. The van der Waals surface area contributed by atoms with Gasteiger partial charge in [0.2, 0.25) is 11.4 Å². The molecule has 1 aliphatic heterocycles. The average molecular weight is 477 g/mol. The fraction of sp³-hybridized carbons (Fsp3) is 0.286. The Hall–Kier alpha value is -3.52. The third kappa shape index (κ3) is 5.77. The highest BCUT2D eigenvalue weighted by Gasteiger charge is 2.59. The number of aliphatic hydroxyl groups excluding tert-OH is 1. The molecule has 0 amide bonds. The number of carbonyl (C=O) groups is 2. The standard InChI is InChI=1S/C28H28O7/c1-32-28(16-20-12-14-23(15-13-20)34-18-22-10-6-3-7-11-22)26(30)25(35-27(28)31)24(29)19-33-17-21-8-4-2-5-9-21/h2-15,24-25,29H,16-19H2,1H3/t24-,25+,28-/m0/s1. The van der Waals surface area contributed by atoms with Crippen LogP contribution in [-0.4, -0.2) is 48.4 Å². The van der Waals surface area contributed by atoms with E-state index < -0.39 is 29.6 Å². The zero-order valence-electron chi connectivity index (χ0n) is 19.5. The molecule has 1 heterocycles. The molecule has 0 saturated carbocycles. The van der Waals surface area contributed by atoms with E-state index in [4.69, 9.17) is 18.9 Å². The van der Waals surface area contributed by atoms with Crippen LogP contribution in [-0.2, 0) is 43.4 Å². The Balaban J connectivity index is 1.36. The van der Waals surface area contributed by atoms with Crippen molar-refractivity contribution in [1.82, 2.24) is 0 Å². The number of hydrogen-bond acceptors (Lipinski definition) is 7. The predicted octanol–water partition coefficient (Wildman–Crippen LogP) is 3.27. The van der Waals surface area contributed by atoms with Gasteiger partial charge in [-0.25, -0.2) is 4.79 Å². The minimum absolute atomic E-state index is 0.0196. The number of methoxy groups -OCH3 is 1. The first-order valence-corrected chi connectivity index (χ1v) is 11.4. The number of rotatable bonds is 11. The van der Waals surface area contributed by atoms with Crippen molar-refractivity contribution in [2.75, 3.05) is 13.7 Å². The molecule has 0 aromatic heterocycles. The van der Waals surface area contributed by atoms with Gasteiger partial charge in [0.15, 0.2) is 6.10 Å². The van der Waals surface area contributed by atoms with Gasteiger partial charge in [-0.2, -0.15) is 0 Å². The van der Waals surface area contributed by atoms with Crippen LogP contribution in [0.4, 0.5) is 0 Å². The number of aliphatic hydroxyl groups is 1. The summed E-state index contributed by atoms with van der Waals surface area (Å²) in [4.78, 5) is 25.9. The average Bonchev–Trinajstić information content (AvgIpc) is 3.14. The number of ether oxygens (including phenoxy) is 4. The van der Waals surface area contributed by atoms with Crippen LogP contribution < -0.4 is 4.74 Å². The van der Waals surface area contributed by atoms with E-state index in [1.54, 1.807) is 24.3 Å². The number of benzene rings is 3. The molecule has 35 heavy (non-hydrogen) atoms. The number of cyclic esters (lactones) is 1. The quantitative estimate of drug-likeness (QED) is 0.336. The summed E-state index contributed by atoms with van der Waals surface area (Å²) in [6, 6.07) is 26.3. The highest BCUT2D eigenvalue weighted by Crippen LogP contribution is 2.31. The van der Waals surface area contributed by atoms with Crippen molar-refractivity contribution in [3.63, 3.8) is 0 Å². The van der Waals surface area contributed by atoms with E-state index in [1.165, 1.54) is 7.11 Å². The normalized spacial score (nSPS) is 20.5. The largest absolute Gasteiger partial charge is 0.489 e. The molecule has 0 spiro atoms. The molecule has 7 heteroatoms. The van der Waals surface area contributed by atoms with Crippen molar-refractivity contribution >= 4 is 11.8 Å². The number of hydrogen-bond donors (Lipinski definition) is 1. The molecule has 0 aliphatic carbocycles. The summed E-state index contributed by atoms with van der Waals surface area (Å²) in [6.07, 6.45) is -2.68. The molecule has 182 valence electrons. The molecule has 1 saturated heterocycles. The second-order valence-electron chi connectivity index (χ2n) is 8.38. The molecule has 3 atom stereocenters. The van der Waals surface area contributed by atoms with Crippen LogP contribution >= 0.6 is 0 Å². The van der Waals surface area contributed by atoms with Gasteiger partial charge in [-0.1, -0.05) is 72.8 Å². The Morgan fingerprint density at radius 3 is 2.06 bits per heavy atom. The molecule has 0 bridgehead atoms. The summed E-state index contributed by atoms with van der Waals surface area (Å²) in [5.74, 6) is -0.778. The highest BCUT2D eigenvalue weighted by molar-refractivity contribution is 6.14. The maximum absolute atomic E-state index is 13.2. The molecule has 1 aliphatic rings. The van der Waals surface area contributed by atoms with Gasteiger partial charge >= 0.3 is 5.97 Å². The van der Waals surface area contributed by atoms with E-state index in [1.807, 2.05) is 60.7 Å². The Morgan fingerprint density at radius 1 is 0.857 bits per heavy atom. The zero-order valence-corrected chi connectivity index (χ0v) is 19.5. The second-order valence-corrected chi connectivity index (χ2v) is 8.38. The molecule has 7 nitrogen and oxygen atoms in total. The van der Waals surface area contributed by atoms with Gasteiger partial charge in [0, 0.05) is 13.5 Å². The third-order valence-electron chi connectivity index (χ3n) is 5.94. The van der Waals surface area contributed by atoms with Gasteiger partial charge in [-0.3, -0.25) is 4.79 Å². The van der Waals surface area contributed by atoms with Crippen molar-refractivity contribution in [2.24, 2.45) is 0 Å². The molecule has 0 unspecified atom stereocenters. The van der Waals surface area contributed by atoms with Gasteiger partial charge in [0.25, 0.3) is 0 Å². The van der Waals surface area contributed by atoms with Gasteiger partial charge in [-0.05, 0) is 28.8 Å². The van der Waals surface area contributed by atoms with Crippen LogP contribution in [0.5, 0.6) is 5.75 Å². The van der Waals surface area contributed by atoms with E-state index in [9.17, 15) is 14.7 Å². The van der Waals surface area contributed by atoms with Crippen LogP contribution in [0.25, 0.3) is 0 Å². The van der Waals surface area contributed by atoms with Crippen molar-refractivity contribution in [1.29, 1.82) is 0 Å². The SMILES string of the molecule is CO[C@]1(Cc2ccc(OCc3ccccc3)cc2)C(=O)O[C@H]([C@@H](O)COCc2ccccc2)C1=O. The topological polar surface area (TPSA) is 91.3 Å². The lowest BCUT2D eigenvalue weighted by molar-refractivity contribution is -0.160. The molecule has 1 N–H and O–H groups in total. The summed E-state index contributed by atoms with van der Waals surface area (Å²) >= 11 is 0. The van der Waals surface area contributed by atoms with Crippen LogP contribution in [0.1, 0.15) is 16.7 Å². The van der Waals surface area contributed by atoms with E-state index in [0.717, 1.165) is 11.1 Å². The fourth-order valence-corrected chi connectivity index (χ4v) is 3.95. The summed E-state index contributed by atoms with van der Waals surface area (Å²) in [5, 5.41) is 10.5. The monoisotopic (exact) mass is 476 g/mol. The smallest absolute Gasteiger partial charge is 0.347 e. The van der Waals surface area contributed by atoms with Crippen LogP contribution in [0, 0.1) is 0 Å². The molecule has 4 rings (SSSR count). The van der Waals surface area contributed by atoms with Crippen molar-refractivity contribution in [3.8, 4) is 5.75 Å². The summed E-state index contributed by atoms with van der Waals surface area (Å²) < 4.78 is 22.0. The first-order valence-electron chi connectivity index (χ1n) is 11.4. The van der Waals surface area contributed by atoms with E-state index in [2.05, 4.69) is 0 Å². The van der Waals surface area contributed by atoms with Crippen LogP contribution in [0.2, 0.25) is 0 Å². The van der Waals surface area contributed by atoms with Crippen molar-refractivity contribution < 1.29 is 33.6 Å². The van der Waals surface area contributed by atoms with E-state index in [0.29, 0.717) is 17.9 Å². The molecular formula is C28H28O7. The molecule has 3 aromatic carbocycles.